The molecule has 2 heterocycles. The smallest absolute Gasteiger partial charge is 0.254 e. The minimum Gasteiger partial charge on any atom is -0.365 e. The first-order valence-electron chi connectivity index (χ1n) is 9.57. The molecule has 0 saturated heterocycles. The zero-order chi connectivity index (χ0) is 19.4. The highest BCUT2D eigenvalue weighted by atomic mass is 16.2. The van der Waals surface area contributed by atoms with Crippen LogP contribution in [0.25, 0.3) is 11.0 Å². The van der Waals surface area contributed by atoms with Gasteiger partial charge in [-0.25, -0.2) is 4.98 Å². The molecule has 3 N–H and O–H groups in total. The van der Waals surface area contributed by atoms with Crippen LogP contribution in [-0.2, 0) is 0 Å². The molecule has 0 unspecified atom stereocenters. The SMILES string of the molecule is CN(C)CCCNc1ncc2c(=O)c(C(N)=O)cn(C3CCCCC3)c2n1. The normalized spacial score (nSPS) is 15.4. The Labute approximate surface area is 158 Å². The van der Waals surface area contributed by atoms with Crippen molar-refractivity contribution in [3.63, 3.8) is 0 Å². The van der Waals surface area contributed by atoms with E-state index in [1.165, 1.54) is 12.6 Å². The van der Waals surface area contributed by atoms with Gasteiger partial charge in [-0.1, -0.05) is 19.3 Å². The number of pyridine rings is 1. The number of rotatable bonds is 7. The molecule has 27 heavy (non-hydrogen) atoms. The number of amides is 1. The van der Waals surface area contributed by atoms with Crippen LogP contribution < -0.4 is 16.5 Å². The summed E-state index contributed by atoms with van der Waals surface area (Å²) in [6, 6.07) is 0.219. The average molecular weight is 372 g/mol. The molecule has 3 rings (SSSR count). The van der Waals surface area contributed by atoms with Crippen LogP contribution in [0, 0.1) is 0 Å². The fraction of sp³-hybridized carbons (Fsp3) is 0.579. The lowest BCUT2D eigenvalue weighted by Gasteiger charge is -2.26. The van der Waals surface area contributed by atoms with Crippen molar-refractivity contribution < 1.29 is 4.79 Å². The summed E-state index contributed by atoms with van der Waals surface area (Å²) in [5, 5.41) is 3.57. The first kappa shape index (κ1) is 19.3. The number of carbonyl (C=O) groups excluding carboxylic acids is 1. The molecule has 0 aromatic carbocycles. The van der Waals surface area contributed by atoms with Gasteiger partial charge in [-0.2, -0.15) is 4.98 Å². The molecule has 0 bridgehead atoms. The molecule has 2 aromatic rings. The first-order valence-corrected chi connectivity index (χ1v) is 9.57. The van der Waals surface area contributed by atoms with Crippen LogP contribution in [-0.4, -0.2) is 52.5 Å². The number of nitrogens with one attached hydrogen (secondary N) is 1. The summed E-state index contributed by atoms with van der Waals surface area (Å²) in [5.74, 6) is -0.214. The fourth-order valence-electron chi connectivity index (χ4n) is 3.63. The van der Waals surface area contributed by atoms with Crippen molar-refractivity contribution in [2.45, 2.75) is 44.6 Å². The van der Waals surface area contributed by atoms with E-state index in [1.54, 1.807) is 6.20 Å². The Morgan fingerprint density at radius 3 is 2.74 bits per heavy atom. The molecule has 1 aliphatic rings. The van der Waals surface area contributed by atoms with Crippen LogP contribution in [0.2, 0.25) is 0 Å². The second-order valence-electron chi connectivity index (χ2n) is 7.45. The number of nitrogens with zero attached hydrogens (tertiary/aromatic N) is 4. The summed E-state index contributed by atoms with van der Waals surface area (Å²) in [6.45, 7) is 1.71. The van der Waals surface area contributed by atoms with Crippen LogP contribution in [0.1, 0.15) is 54.9 Å². The lowest BCUT2D eigenvalue weighted by Crippen LogP contribution is -2.27. The zero-order valence-electron chi connectivity index (χ0n) is 16.1. The highest BCUT2D eigenvalue weighted by Crippen LogP contribution is 2.30. The van der Waals surface area contributed by atoms with Crippen molar-refractivity contribution in [1.29, 1.82) is 0 Å². The number of carbonyl (C=O) groups is 1. The van der Waals surface area contributed by atoms with Gasteiger partial charge in [0.1, 0.15) is 11.2 Å². The van der Waals surface area contributed by atoms with E-state index in [0.29, 0.717) is 17.0 Å². The molecule has 0 aliphatic heterocycles. The Balaban J connectivity index is 1.98. The number of hydrogen-bond donors (Lipinski definition) is 2. The second kappa shape index (κ2) is 8.47. The minimum absolute atomic E-state index is 0.00312. The van der Waals surface area contributed by atoms with Gasteiger partial charge in [0.05, 0.1) is 5.39 Å². The van der Waals surface area contributed by atoms with Crippen molar-refractivity contribution >= 4 is 22.9 Å². The molecule has 0 spiro atoms. The Morgan fingerprint density at radius 2 is 2.07 bits per heavy atom. The lowest BCUT2D eigenvalue weighted by atomic mass is 9.95. The van der Waals surface area contributed by atoms with Crippen LogP contribution >= 0.6 is 0 Å². The van der Waals surface area contributed by atoms with Crippen LogP contribution in [0.3, 0.4) is 0 Å². The Bertz CT molecular complexity index is 870. The Kier molecular flexibility index (Phi) is 6.05. The summed E-state index contributed by atoms with van der Waals surface area (Å²) in [4.78, 5) is 35.4. The van der Waals surface area contributed by atoms with Gasteiger partial charge in [-0.05, 0) is 39.9 Å². The molecule has 1 saturated carbocycles. The van der Waals surface area contributed by atoms with E-state index in [1.807, 2.05) is 18.7 Å². The van der Waals surface area contributed by atoms with Gasteiger partial charge in [-0.3, -0.25) is 9.59 Å². The maximum absolute atomic E-state index is 12.6. The predicted molar refractivity (Wildman–Crippen MR) is 106 cm³/mol. The highest BCUT2D eigenvalue weighted by molar-refractivity contribution is 5.95. The van der Waals surface area contributed by atoms with Gasteiger partial charge in [0, 0.05) is 25.0 Å². The maximum atomic E-state index is 12.6. The standard InChI is InChI=1S/C19H28N6O2/c1-24(2)10-6-9-21-19-22-11-14-16(26)15(17(20)27)12-25(18(14)23-19)13-7-4-3-5-8-13/h11-13H,3-10H2,1-2H3,(H2,20,27)(H,21,22,23). The van der Waals surface area contributed by atoms with Gasteiger partial charge in [-0.15, -0.1) is 0 Å². The molecule has 1 aliphatic carbocycles. The molecule has 1 fully saturated rings. The van der Waals surface area contributed by atoms with E-state index in [2.05, 4.69) is 20.2 Å². The van der Waals surface area contributed by atoms with Crippen molar-refractivity contribution in [3.8, 4) is 0 Å². The third kappa shape index (κ3) is 4.44. The number of aromatic nitrogens is 3. The van der Waals surface area contributed by atoms with Gasteiger partial charge in [0.15, 0.2) is 0 Å². The monoisotopic (exact) mass is 372 g/mol. The third-order valence-corrected chi connectivity index (χ3v) is 5.07. The Morgan fingerprint density at radius 1 is 1.33 bits per heavy atom. The summed E-state index contributed by atoms with van der Waals surface area (Å²) in [6.07, 6.45) is 9.54. The maximum Gasteiger partial charge on any atom is 0.254 e. The summed E-state index contributed by atoms with van der Waals surface area (Å²) in [5.41, 5.74) is 5.61. The van der Waals surface area contributed by atoms with Crippen molar-refractivity contribution in [2.24, 2.45) is 5.73 Å². The third-order valence-electron chi connectivity index (χ3n) is 5.07. The number of nitrogens with two attached hydrogens (primary N) is 1. The zero-order valence-corrected chi connectivity index (χ0v) is 16.1. The van der Waals surface area contributed by atoms with Gasteiger partial charge >= 0.3 is 0 Å². The molecular weight excluding hydrogens is 344 g/mol. The van der Waals surface area contributed by atoms with E-state index in [-0.39, 0.29) is 11.6 Å². The topological polar surface area (TPSA) is 106 Å². The molecule has 8 heteroatoms. The van der Waals surface area contributed by atoms with E-state index >= 15 is 0 Å². The number of primary amides is 1. The van der Waals surface area contributed by atoms with Gasteiger partial charge in [0.2, 0.25) is 11.4 Å². The highest BCUT2D eigenvalue weighted by Gasteiger charge is 2.21. The molecule has 0 atom stereocenters. The largest absolute Gasteiger partial charge is 0.365 e. The van der Waals surface area contributed by atoms with Gasteiger partial charge in [0.25, 0.3) is 5.91 Å². The molecule has 2 aromatic heterocycles. The van der Waals surface area contributed by atoms with Crippen LogP contribution in [0.15, 0.2) is 17.2 Å². The summed E-state index contributed by atoms with van der Waals surface area (Å²) in [7, 11) is 4.07. The quantitative estimate of drug-likeness (QED) is 0.717. The van der Waals surface area contributed by atoms with Crippen LogP contribution in [0.4, 0.5) is 5.95 Å². The van der Waals surface area contributed by atoms with Crippen LogP contribution in [0.5, 0.6) is 0 Å². The fourth-order valence-corrected chi connectivity index (χ4v) is 3.63. The van der Waals surface area contributed by atoms with E-state index in [0.717, 1.165) is 45.2 Å². The number of fused-ring (bicyclic) bond motifs is 1. The molecule has 1 amide bonds. The molecule has 8 nitrogen and oxygen atoms in total. The van der Waals surface area contributed by atoms with Gasteiger partial charge < -0.3 is 20.5 Å². The number of anilines is 1. The summed E-state index contributed by atoms with van der Waals surface area (Å²) >= 11 is 0. The average Bonchev–Trinajstić information content (AvgIpc) is 2.66. The molecule has 0 radical (unpaired) electrons. The van der Waals surface area contributed by atoms with E-state index in [9.17, 15) is 9.59 Å². The molecule has 146 valence electrons. The van der Waals surface area contributed by atoms with Crippen molar-refractivity contribution in [2.75, 3.05) is 32.5 Å². The Hall–Kier alpha value is -2.48. The molecular formula is C19H28N6O2. The lowest BCUT2D eigenvalue weighted by molar-refractivity contribution is 0.0998. The second-order valence-corrected chi connectivity index (χ2v) is 7.45. The predicted octanol–water partition coefficient (Wildman–Crippen LogP) is 1.76. The van der Waals surface area contributed by atoms with Crippen molar-refractivity contribution in [1.82, 2.24) is 19.4 Å². The number of hydrogen-bond acceptors (Lipinski definition) is 6. The van der Waals surface area contributed by atoms with Crippen molar-refractivity contribution in [3.05, 3.63) is 28.2 Å². The first-order chi connectivity index (χ1) is 13.0. The van der Waals surface area contributed by atoms with E-state index < -0.39 is 11.3 Å². The minimum atomic E-state index is -0.711. The summed E-state index contributed by atoms with van der Waals surface area (Å²) < 4.78 is 1.96. The van der Waals surface area contributed by atoms with E-state index in [4.69, 9.17) is 5.73 Å².